The van der Waals surface area contributed by atoms with Crippen LogP contribution in [0.5, 0.6) is 5.75 Å². The lowest BCUT2D eigenvalue weighted by atomic mass is 10.0. The minimum absolute atomic E-state index is 0. The Labute approximate surface area is 168 Å². The highest BCUT2D eigenvalue weighted by atomic mass is 19.1. The summed E-state index contributed by atoms with van der Waals surface area (Å²) in [5.74, 6) is -0.757. The maximum atomic E-state index is 14.4. The van der Waals surface area contributed by atoms with Gasteiger partial charge in [0.2, 0.25) is 5.91 Å². The van der Waals surface area contributed by atoms with Crippen LogP contribution in [0.4, 0.5) is 4.39 Å². The molecule has 1 aromatic heterocycles. The van der Waals surface area contributed by atoms with Crippen molar-refractivity contribution in [3.8, 4) is 11.8 Å². The second-order valence-corrected chi connectivity index (χ2v) is 7.15. The van der Waals surface area contributed by atoms with Crippen LogP contribution in [-0.4, -0.2) is 24.0 Å². The fourth-order valence-electron chi connectivity index (χ4n) is 3.92. The molecule has 8 heteroatoms. The zero-order chi connectivity index (χ0) is 20.7. The topological polar surface area (TPSA) is 107 Å². The fourth-order valence-corrected chi connectivity index (χ4v) is 3.92. The zero-order valence-electron chi connectivity index (χ0n) is 16.0. The number of ether oxygens (including phenoxy) is 1. The van der Waals surface area contributed by atoms with E-state index < -0.39 is 17.8 Å². The molecule has 2 aromatic rings. The number of aromatic amines is 1. The quantitative estimate of drug-likeness (QED) is 0.698. The molecule has 0 bridgehead atoms. The van der Waals surface area contributed by atoms with Crippen molar-refractivity contribution < 1.29 is 16.8 Å². The van der Waals surface area contributed by atoms with Gasteiger partial charge in [-0.1, -0.05) is 0 Å². The van der Waals surface area contributed by atoms with E-state index >= 15 is 0 Å². The van der Waals surface area contributed by atoms with Gasteiger partial charge >= 0.3 is 0 Å². The van der Waals surface area contributed by atoms with E-state index in [-0.39, 0.29) is 38.3 Å². The van der Waals surface area contributed by atoms with Gasteiger partial charge in [-0.25, -0.2) is 4.39 Å². The predicted molar refractivity (Wildman–Crippen MR) is 108 cm³/mol. The number of nitrogens with zero attached hydrogens (tertiary/aromatic N) is 1. The normalized spacial score (nSPS) is 16.6. The molecule has 7 nitrogen and oxygen atoms in total. The number of nitrogens with one attached hydrogen (secondary N) is 3. The maximum absolute atomic E-state index is 14.4. The van der Waals surface area contributed by atoms with Crippen LogP contribution in [0.15, 0.2) is 16.9 Å². The monoisotopic (exact) mass is 398 g/mol. The number of aromatic nitrogens is 1. The fraction of sp³-hybridized carbons (Fsp3) is 0.286. The third-order valence-corrected chi connectivity index (χ3v) is 5.31. The van der Waals surface area contributed by atoms with Gasteiger partial charge < -0.3 is 20.4 Å². The van der Waals surface area contributed by atoms with E-state index in [0.29, 0.717) is 12.1 Å². The average molecular weight is 398 g/mol. The molecule has 29 heavy (non-hydrogen) atoms. The van der Waals surface area contributed by atoms with Gasteiger partial charge in [0, 0.05) is 31.2 Å². The molecule has 0 unspecified atom stereocenters. The molecule has 1 atom stereocenters. The summed E-state index contributed by atoms with van der Waals surface area (Å²) in [6.45, 7) is 4.44. The largest absolute Gasteiger partial charge is 0.491 e. The molecule has 0 spiro atoms. The lowest BCUT2D eigenvalue weighted by Crippen LogP contribution is -2.46. The Bertz CT molecular complexity index is 1270. The van der Waals surface area contributed by atoms with Gasteiger partial charge in [-0.15, -0.1) is 0 Å². The number of amides is 1. The first-order valence-corrected chi connectivity index (χ1v) is 9.21. The van der Waals surface area contributed by atoms with Crippen molar-refractivity contribution in [2.75, 3.05) is 13.2 Å². The molecule has 0 aliphatic carbocycles. The number of fused-ring (bicyclic) bond motifs is 2. The van der Waals surface area contributed by atoms with Gasteiger partial charge in [-0.3, -0.25) is 9.59 Å². The summed E-state index contributed by atoms with van der Waals surface area (Å²) in [6, 6.07) is 3.76. The summed E-state index contributed by atoms with van der Waals surface area (Å²) < 4.78 is 19.8. The molecule has 1 aromatic carbocycles. The van der Waals surface area contributed by atoms with Crippen LogP contribution < -0.4 is 31.5 Å². The van der Waals surface area contributed by atoms with Crippen LogP contribution in [0.25, 0.3) is 11.8 Å². The van der Waals surface area contributed by atoms with E-state index in [1.165, 1.54) is 6.07 Å². The summed E-state index contributed by atoms with van der Waals surface area (Å²) in [7, 11) is 0. The van der Waals surface area contributed by atoms with Crippen LogP contribution in [-0.2, 0) is 11.2 Å². The second kappa shape index (κ2) is 7.09. The number of carbonyl (C=O) groups is 1. The Kier molecular flexibility index (Phi) is 4.59. The molecule has 152 valence electrons. The number of hydrogen-bond acceptors (Lipinski definition) is 5. The minimum Gasteiger partial charge on any atom is -0.491 e. The number of benzene rings is 1. The average Bonchev–Trinajstić information content (AvgIpc) is 3.08. The Morgan fingerprint density at radius 2 is 2.24 bits per heavy atom. The number of H-pyrrole nitrogens is 1. The van der Waals surface area contributed by atoms with E-state index in [1.54, 1.807) is 0 Å². The summed E-state index contributed by atoms with van der Waals surface area (Å²) in [4.78, 5) is 28.0. The van der Waals surface area contributed by atoms with Gasteiger partial charge in [-0.05, 0) is 37.6 Å². The molecule has 2 aliphatic rings. The van der Waals surface area contributed by atoms with Gasteiger partial charge in [0.15, 0.2) is 0 Å². The maximum Gasteiger partial charge on any atom is 0.252 e. The molecule has 0 radical (unpaired) electrons. The number of pyridine rings is 1. The smallest absolute Gasteiger partial charge is 0.252 e. The van der Waals surface area contributed by atoms with Gasteiger partial charge in [0.25, 0.3) is 5.56 Å². The summed E-state index contributed by atoms with van der Waals surface area (Å²) in [5.41, 5.74) is 2.12. The highest BCUT2D eigenvalue weighted by Crippen LogP contribution is 2.35. The number of nitriles is 1. The molecule has 0 saturated carbocycles. The van der Waals surface area contributed by atoms with Crippen molar-refractivity contribution in [3.05, 3.63) is 61.1 Å². The SMILES string of the molecule is CC1=c2c(C)c(CC(=O)N[C@@H]3COc4cc(C#N)cc(F)c43)c(=O)[nH]c2=CCN1.[HH].[HH]. The molecular weight excluding hydrogens is 375 g/mol. The third-order valence-electron chi connectivity index (χ3n) is 5.31. The number of hydrogen-bond donors (Lipinski definition) is 3. The van der Waals surface area contributed by atoms with E-state index in [2.05, 4.69) is 15.6 Å². The van der Waals surface area contributed by atoms with E-state index in [9.17, 15) is 14.0 Å². The summed E-state index contributed by atoms with van der Waals surface area (Å²) in [5, 5.41) is 16.5. The first kappa shape index (κ1) is 18.7. The van der Waals surface area contributed by atoms with E-state index in [1.807, 2.05) is 26.0 Å². The van der Waals surface area contributed by atoms with Crippen LogP contribution in [0.3, 0.4) is 0 Å². The number of halogens is 1. The van der Waals surface area contributed by atoms with Crippen molar-refractivity contribution in [2.24, 2.45) is 0 Å². The Morgan fingerprint density at radius 1 is 1.45 bits per heavy atom. The highest BCUT2D eigenvalue weighted by molar-refractivity contribution is 5.79. The van der Waals surface area contributed by atoms with Crippen molar-refractivity contribution in [3.63, 3.8) is 0 Å². The van der Waals surface area contributed by atoms with Crippen LogP contribution in [0.1, 0.15) is 38.1 Å². The summed E-state index contributed by atoms with van der Waals surface area (Å²) in [6.07, 6.45) is 1.76. The molecule has 3 N–H and O–H groups in total. The predicted octanol–water partition coefficient (Wildman–Crippen LogP) is 0.490. The van der Waals surface area contributed by atoms with E-state index in [0.717, 1.165) is 27.9 Å². The third kappa shape index (κ3) is 3.25. The van der Waals surface area contributed by atoms with Crippen molar-refractivity contribution in [1.29, 1.82) is 5.26 Å². The van der Waals surface area contributed by atoms with Crippen LogP contribution >= 0.6 is 0 Å². The molecule has 0 saturated heterocycles. The summed E-state index contributed by atoms with van der Waals surface area (Å²) >= 11 is 0. The molecule has 4 rings (SSSR count). The van der Waals surface area contributed by atoms with Crippen LogP contribution in [0, 0.1) is 24.1 Å². The van der Waals surface area contributed by atoms with Gasteiger partial charge in [0.05, 0.1) is 29.7 Å². The zero-order valence-corrected chi connectivity index (χ0v) is 16.0. The Balaban J connectivity index is 0.00000171. The molecule has 2 aliphatic heterocycles. The lowest BCUT2D eigenvalue weighted by molar-refractivity contribution is -0.121. The Morgan fingerprint density at radius 3 is 3.00 bits per heavy atom. The Hall–Kier alpha value is -3.60. The molecule has 3 heterocycles. The standard InChI is InChI=1S/C21H19FN4O3.2H2/c1-10-13(21(28)26-15-3-4-24-11(2)19(10)15)7-18(27)25-16-9-29-17-6-12(8-23)5-14(22)20(16)17;;/h3,5-6,16,24H,4,7,9H2,1-2H3,(H,25,27)(H,26,28);2*1H/t16-;;/m1../s1. The van der Waals surface area contributed by atoms with E-state index in [4.69, 9.17) is 10.00 Å². The highest BCUT2D eigenvalue weighted by Gasteiger charge is 2.30. The first-order valence-electron chi connectivity index (χ1n) is 9.21. The lowest BCUT2D eigenvalue weighted by Gasteiger charge is -2.15. The molecule has 0 fully saturated rings. The minimum atomic E-state index is -0.675. The van der Waals surface area contributed by atoms with Crippen molar-refractivity contribution in [2.45, 2.75) is 26.3 Å². The molecular formula is C21H23FN4O3. The van der Waals surface area contributed by atoms with Crippen LogP contribution in [0.2, 0.25) is 0 Å². The number of carbonyl (C=O) groups excluding carboxylic acids is 1. The van der Waals surface area contributed by atoms with Gasteiger partial charge in [0.1, 0.15) is 18.2 Å². The molecule has 1 amide bonds. The number of rotatable bonds is 3. The van der Waals surface area contributed by atoms with Gasteiger partial charge in [-0.2, -0.15) is 5.26 Å². The first-order chi connectivity index (χ1) is 13.9. The van der Waals surface area contributed by atoms with Crippen molar-refractivity contribution in [1.82, 2.24) is 15.6 Å². The second-order valence-electron chi connectivity index (χ2n) is 7.15. The van der Waals surface area contributed by atoms with Crippen molar-refractivity contribution >= 4 is 17.7 Å².